The first-order valence-corrected chi connectivity index (χ1v) is 11.7. The molecule has 3 aromatic rings. The Bertz CT molecular complexity index is 1220. The zero-order valence-electron chi connectivity index (χ0n) is 17.2. The summed E-state index contributed by atoms with van der Waals surface area (Å²) in [6.07, 6.45) is 2.33. The van der Waals surface area contributed by atoms with E-state index in [2.05, 4.69) is 9.97 Å². The Labute approximate surface area is 185 Å². The van der Waals surface area contributed by atoms with Gasteiger partial charge in [-0.05, 0) is 43.7 Å². The molecular formula is C21H23ClN4O4S. The van der Waals surface area contributed by atoms with Crippen molar-refractivity contribution >= 4 is 38.6 Å². The zero-order valence-corrected chi connectivity index (χ0v) is 18.8. The number of amides is 1. The highest BCUT2D eigenvalue weighted by atomic mass is 35.5. The van der Waals surface area contributed by atoms with Crippen molar-refractivity contribution in [1.82, 2.24) is 19.2 Å². The first-order valence-electron chi connectivity index (χ1n) is 9.91. The Morgan fingerprint density at radius 2 is 1.97 bits per heavy atom. The van der Waals surface area contributed by atoms with Gasteiger partial charge in [0.05, 0.1) is 5.02 Å². The molecule has 0 aliphatic carbocycles. The maximum Gasteiger partial charge on any atom is 0.263 e. The highest BCUT2D eigenvalue weighted by molar-refractivity contribution is 7.89. The Morgan fingerprint density at radius 1 is 1.23 bits per heavy atom. The number of piperazine rings is 1. The van der Waals surface area contributed by atoms with Gasteiger partial charge >= 0.3 is 0 Å². The Hall–Kier alpha value is -2.62. The van der Waals surface area contributed by atoms with Gasteiger partial charge in [-0.3, -0.25) is 4.79 Å². The average Bonchev–Trinajstić information content (AvgIpc) is 3.21. The molecule has 0 saturated carbocycles. The van der Waals surface area contributed by atoms with Gasteiger partial charge in [-0.2, -0.15) is 4.31 Å². The second-order valence-corrected chi connectivity index (χ2v) is 9.79. The summed E-state index contributed by atoms with van der Waals surface area (Å²) in [5, 5.41) is 0.993. The standard InChI is InChI=1S/C21H23ClN4O4S/c1-14-5-6-17(22)18(12-14)30-15(2)21(27)25-8-10-26(11-9-25)31(28,29)19-13-24-20-16(19)4-3-7-23-20/h3-7,12-13,15H,8-11H2,1-2H3,(H,23,24). The molecule has 1 aromatic carbocycles. The maximum absolute atomic E-state index is 13.1. The third-order valence-corrected chi connectivity index (χ3v) is 7.57. The van der Waals surface area contributed by atoms with E-state index in [1.54, 1.807) is 42.3 Å². The van der Waals surface area contributed by atoms with Crippen LogP contribution < -0.4 is 4.74 Å². The number of fused-ring (bicyclic) bond motifs is 1. The second-order valence-electron chi connectivity index (χ2n) is 7.48. The van der Waals surface area contributed by atoms with E-state index in [1.165, 1.54) is 10.5 Å². The van der Waals surface area contributed by atoms with E-state index in [4.69, 9.17) is 16.3 Å². The minimum absolute atomic E-state index is 0.196. The summed E-state index contributed by atoms with van der Waals surface area (Å²) in [6, 6.07) is 8.81. The quantitative estimate of drug-likeness (QED) is 0.629. The molecule has 1 saturated heterocycles. The van der Waals surface area contributed by atoms with E-state index in [0.717, 1.165) is 5.56 Å². The molecule has 1 atom stereocenters. The van der Waals surface area contributed by atoms with Crippen LogP contribution in [-0.4, -0.2) is 65.8 Å². The number of aromatic amines is 1. The Kier molecular flexibility index (Phi) is 5.92. The predicted molar refractivity (Wildman–Crippen MR) is 118 cm³/mol. The summed E-state index contributed by atoms with van der Waals surface area (Å²) in [5.74, 6) is 0.252. The summed E-state index contributed by atoms with van der Waals surface area (Å²) < 4.78 is 33.4. The van der Waals surface area contributed by atoms with Gasteiger partial charge in [-0.15, -0.1) is 0 Å². The Balaban J connectivity index is 1.42. The molecule has 1 fully saturated rings. The molecular weight excluding hydrogens is 440 g/mol. The average molecular weight is 463 g/mol. The van der Waals surface area contributed by atoms with Crippen molar-refractivity contribution in [2.24, 2.45) is 0 Å². The highest BCUT2D eigenvalue weighted by Gasteiger charge is 2.33. The largest absolute Gasteiger partial charge is 0.479 e. The van der Waals surface area contributed by atoms with Crippen LogP contribution in [0.2, 0.25) is 5.02 Å². The number of carbonyl (C=O) groups excluding carboxylic acids is 1. The lowest BCUT2D eigenvalue weighted by Crippen LogP contribution is -2.53. The SMILES string of the molecule is Cc1ccc(Cl)c(OC(C)C(=O)N2CCN(S(=O)(=O)c3c[nH]c4ncccc34)CC2)c1. The number of hydrogen-bond donors (Lipinski definition) is 1. The summed E-state index contributed by atoms with van der Waals surface area (Å²) in [4.78, 5) is 21.7. The molecule has 0 bridgehead atoms. The van der Waals surface area contributed by atoms with Crippen molar-refractivity contribution in [3.8, 4) is 5.75 Å². The number of ether oxygens (including phenoxy) is 1. The van der Waals surface area contributed by atoms with Crippen molar-refractivity contribution in [2.45, 2.75) is 24.8 Å². The number of aryl methyl sites for hydroxylation is 1. The first-order chi connectivity index (χ1) is 14.8. The molecule has 1 aliphatic heterocycles. The zero-order chi connectivity index (χ0) is 22.2. The topological polar surface area (TPSA) is 95.6 Å². The second kappa shape index (κ2) is 8.49. The fourth-order valence-electron chi connectivity index (χ4n) is 3.63. The van der Waals surface area contributed by atoms with E-state index in [0.29, 0.717) is 21.8 Å². The highest BCUT2D eigenvalue weighted by Crippen LogP contribution is 2.27. The number of hydrogen-bond acceptors (Lipinski definition) is 5. The molecule has 31 heavy (non-hydrogen) atoms. The van der Waals surface area contributed by atoms with Crippen LogP contribution in [0.25, 0.3) is 11.0 Å². The van der Waals surface area contributed by atoms with E-state index in [-0.39, 0.29) is 37.0 Å². The summed E-state index contributed by atoms with van der Waals surface area (Å²) in [5.41, 5.74) is 1.50. The van der Waals surface area contributed by atoms with Crippen LogP contribution in [0.4, 0.5) is 0 Å². The van der Waals surface area contributed by atoms with E-state index < -0.39 is 16.1 Å². The fraction of sp³-hybridized carbons (Fsp3) is 0.333. The number of pyridine rings is 1. The number of sulfonamides is 1. The predicted octanol–water partition coefficient (Wildman–Crippen LogP) is 2.83. The van der Waals surface area contributed by atoms with Gasteiger partial charge in [0.25, 0.3) is 5.91 Å². The van der Waals surface area contributed by atoms with Crippen molar-refractivity contribution in [3.05, 3.63) is 53.3 Å². The number of nitrogens with one attached hydrogen (secondary N) is 1. The van der Waals surface area contributed by atoms with Crippen LogP contribution in [-0.2, 0) is 14.8 Å². The monoisotopic (exact) mass is 462 g/mol. The van der Waals surface area contributed by atoms with E-state index in [1.807, 2.05) is 13.0 Å². The molecule has 1 aliphatic rings. The number of nitrogens with zero attached hydrogens (tertiary/aromatic N) is 3. The van der Waals surface area contributed by atoms with Gasteiger partial charge in [0, 0.05) is 44.0 Å². The number of aromatic nitrogens is 2. The molecule has 1 amide bonds. The summed E-state index contributed by atoms with van der Waals surface area (Å²) >= 11 is 6.16. The van der Waals surface area contributed by atoms with Crippen LogP contribution in [0.15, 0.2) is 47.6 Å². The maximum atomic E-state index is 13.1. The molecule has 0 spiro atoms. The van der Waals surface area contributed by atoms with E-state index in [9.17, 15) is 13.2 Å². The molecule has 8 nitrogen and oxygen atoms in total. The van der Waals surface area contributed by atoms with Gasteiger partial charge in [0.1, 0.15) is 16.3 Å². The van der Waals surface area contributed by atoms with Crippen molar-refractivity contribution in [2.75, 3.05) is 26.2 Å². The lowest BCUT2D eigenvalue weighted by molar-refractivity contribution is -0.139. The van der Waals surface area contributed by atoms with Crippen LogP contribution >= 0.6 is 11.6 Å². The molecule has 1 N–H and O–H groups in total. The molecule has 0 radical (unpaired) electrons. The third-order valence-electron chi connectivity index (χ3n) is 5.32. The minimum atomic E-state index is -3.70. The summed E-state index contributed by atoms with van der Waals surface area (Å²) in [6.45, 7) is 4.57. The van der Waals surface area contributed by atoms with Crippen molar-refractivity contribution in [3.63, 3.8) is 0 Å². The van der Waals surface area contributed by atoms with Crippen LogP contribution in [0.3, 0.4) is 0 Å². The van der Waals surface area contributed by atoms with Gasteiger partial charge < -0.3 is 14.6 Å². The first kappa shape index (κ1) is 21.6. The van der Waals surface area contributed by atoms with Crippen LogP contribution in [0.1, 0.15) is 12.5 Å². The molecule has 10 heteroatoms. The number of benzene rings is 1. The molecule has 4 rings (SSSR count). The molecule has 1 unspecified atom stereocenters. The molecule has 164 valence electrons. The van der Waals surface area contributed by atoms with Crippen molar-refractivity contribution < 1.29 is 17.9 Å². The molecule has 2 aromatic heterocycles. The van der Waals surface area contributed by atoms with Crippen LogP contribution in [0, 0.1) is 6.92 Å². The lowest BCUT2D eigenvalue weighted by Gasteiger charge is -2.35. The Morgan fingerprint density at radius 3 is 2.71 bits per heavy atom. The number of rotatable bonds is 5. The van der Waals surface area contributed by atoms with E-state index >= 15 is 0 Å². The third kappa shape index (κ3) is 4.26. The van der Waals surface area contributed by atoms with Gasteiger partial charge in [0.2, 0.25) is 10.0 Å². The molecule has 3 heterocycles. The number of H-pyrrole nitrogens is 1. The fourth-order valence-corrected chi connectivity index (χ4v) is 5.37. The minimum Gasteiger partial charge on any atom is -0.479 e. The number of carbonyl (C=O) groups is 1. The van der Waals surface area contributed by atoms with Gasteiger partial charge in [-0.1, -0.05) is 17.7 Å². The normalized spacial score (nSPS) is 16.4. The summed E-state index contributed by atoms with van der Waals surface area (Å²) in [7, 11) is -3.70. The van der Waals surface area contributed by atoms with Crippen molar-refractivity contribution in [1.29, 1.82) is 0 Å². The lowest BCUT2D eigenvalue weighted by atomic mass is 10.2. The number of halogens is 1. The smallest absolute Gasteiger partial charge is 0.263 e. The van der Waals surface area contributed by atoms with Crippen LogP contribution in [0.5, 0.6) is 5.75 Å². The van der Waals surface area contributed by atoms with Gasteiger partial charge in [-0.25, -0.2) is 13.4 Å². The van der Waals surface area contributed by atoms with Gasteiger partial charge in [0.15, 0.2) is 6.10 Å².